The molecule has 3 N–H and O–H groups in total. The number of halogens is 5. The molecular weight excluding hydrogens is 615 g/mol. The minimum absolute atomic E-state index is 0.0401. The van der Waals surface area contributed by atoms with Gasteiger partial charge in [0.25, 0.3) is 0 Å². The second-order valence-corrected chi connectivity index (χ2v) is 13.7. The molecule has 0 saturated heterocycles. The number of fused-ring (bicyclic) bond motifs is 4. The Bertz CT molecular complexity index is 1640. The van der Waals surface area contributed by atoms with E-state index in [1.165, 1.54) is 6.92 Å². The number of aryl methyl sites for hydroxylation is 1. The Morgan fingerprint density at radius 3 is 2.38 bits per heavy atom. The molecule has 2 aromatic rings. The van der Waals surface area contributed by atoms with Crippen LogP contribution in [0.4, 0.5) is 32.4 Å². The maximum Gasteiger partial charge on any atom is 0.456 e. The second kappa shape index (κ2) is 12.0. The van der Waals surface area contributed by atoms with E-state index >= 15 is 8.78 Å². The minimum atomic E-state index is -5.88. The molecule has 0 unspecified atom stereocenters. The molecule has 6 rings (SSSR count). The first-order valence-electron chi connectivity index (χ1n) is 16.2. The highest BCUT2D eigenvalue weighted by atomic mass is 19.4. The Morgan fingerprint density at radius 2 is 1.70 bits per heavy atom. The van der Waals surface area contributed by atoms with Crippen molar-refractivity contribution in [3.8, 4) is 0 Å². The average molecular weight is 655 g/mol. The second-order valence-electron chi connectivity index (χ2n) is 13.7. The summed E-state index contributed by atoms with van der Waals surface area (Å²) in [5, 5.41) is 17.0. The highest BCUT2D eigenvalue weighted by Crippen LogP contribution is 2.70. The number of alkyl halides is 5. The number of rotatable bonds is 6. The molecule has 5 atom stereocenters. The zero-order valence-electron chi connectivity index (χ0n) is 26.4. The third kappa shape index (κ3) is 5.72. The SMILES string of the molecule is Cc1ccc(NC(=O)NCC=Cc2ccc([C@H]3C[C@@]4(C)[C@@H](CC[C@@]4(O)C(F)(F)C(F)(F)F)[C@@H]4CCC5=CC(=O)CCC5=C43)cc2)cc1. The number of hydrogen-bond acceptors (Lipinski definition) is 3. The van der Waals surface area contributed by atoms with Crippen LogP contribution in [0, 0.1) is 24.2 Å². The van der Waals surface area contributed by atoms with Crippen molar-refractivity contribution in [2.24, 2.45) is 17.3 Å². The van der Waals surface area contributed by atoms with E-state index in [2.05, 4.69) is 10.6 Å². The highest BCUT2D eigenvalue weighted by Gasteiger charge is 2.79. The summed E-state index contributed by atoms with van der Waals surface area (Å²) in [5.41, 5.74) is 1.41. The Labute approximate surface area is 271 Å². The van der Waals surface area contributed by atoms with E-state index in [0.29, 0.717) is 31.4 Å². The lowest BCUT2D eigenvalue weighted by molar-refractivity contribution is -0.362. The normalized spacial score (nSPS) is 29.2. The summed E-state index contributed by atoms with van der Waals surface area (Å²) in [7, 11) is 0. The van der Waals surface area contributed by atoms with E-state index < -0.39 is 41.4 Å². The number of benzene rings is 2. The van der Waals surface area contributed by atoms with Crippen LogP contribution < -0.4 is 10.6 Å². The standard InChI is InChI=1S/C37H39F5N2O3/c1-22-5-12-26(13-6-22)44-33(46)43-19-3-4-23-7-9-24(10-8-23)30-21-34(2)31(17-18-35(34,47)36(38,39)37(40,41)42)29-15-11-25-20-27(45)14-16-28(25)32(29)30/h3-10,12-13,20,29-31,47H,11,14-19,21H2,1-2H3,(H2,43,44,46)/t29-,30+,31-,34-,35-/m0/s1. The molecule has 0 heterocycles. The molecule has 0 radical (unpaired) electrons. The van der Waals surface area contributed by atoms with Crippen LogP contribution in [0.5, 0.6) is 0 Å². The maximum absolute atomic E-state index is 15.2. The highest BCUT2D eigenvalue weighted by molar-refractivity contribution is 5.93. The van der Waals surface area contributed by atoms with Gasteiger partial charge in [0.2, 0.25) is 0 Å². The summed E-state index contributed by atoms with van der Waals surface area (Å²) in [6, 6.07) is 14.5. The first-order chi connectivity index (χ1) is 22.1. The monoisotopic (exact) mass is 654 g/mol. The van der Waals surface area contributed by atoms with Crippen molar-refractivity contribution in [1.82, 2.24) is 5.32 Å². The fraction of sp³-hybridized carbons (Fsp3) is 0.459. The largest absolute Gasteiger partial charge is 0.456 e. The van der Waals surface area contributed by atoms with Gasteiger partial charge in [-0.3, -0.25) is 4.79 Å². The predicted octanol–water partition coefficient (Wildman–Crippen LogP) is 8.66. The van der Waals surface area contributed by atoms with Crippen molar-refractivity contribution in [1.29, 1.82) is 0 Å². The summed E-state index contributed by atoms with van der Waals surface area (Å²) in [4.78, 5) is 24.5. The number of carbonyl (C=O) groups excluding carboxylic acids is 2. The van der Waals surface area contributed by atoms with Gasteiger partial charge >= 0.3 is 18.1 Å². The van der Waals surface area contributed by atoms with Crippen LogP contribution in [0.2, 0.25) is 0 Å². The average Bonchev–Trinajstić information content (AvgIpc) is 3.31. The van der Waals surface area contributed by atoms with Crippen molar-refractivity contribution in [2.45, 2.75) is 82.4 Å². The van der Waals surface area contributed by atoms with Crippen LogP contribution in [-0.2, 0) is 4.79 Å². The molecule has 0 aliphatic heterocycles. The van der Waals surface area contributed by atoms with Gasteiger partial charge in [0.05, 0.1) is 0 Å². The Kier molecular flexibility index (Phi) is 8.47. The fourth-order valence-corrected chi connectivity index (χ4v) is 8.71. The van der Waals surface area contributed by atoms with E-state index in [0.717, 1.165) is 33.4 Å². The van der Waals surface area contributed by atoms with E-state index in [-0.39, 0.29) is 37.1 Å². The molecule has 2 amide bonds. The van der Waals surface area contributed by atoms with E-state index in [1.807, 2.05) is 61.5 Å². The van der Waals surface area contributed by atoms with Gasteiger partial charge in [-0.15, -0.1) is 0 Å². The summed E-state index contributed by atoms with van der Waals surface area (Å²) in [5.74, 6) is -6.54. The predicted molar refractivity (Wildman–Crippen MR) is 170 cm³/mol. The van der Waals surface area contributed by atoms with Gasteiger partial charge in [-0.25, -0.2) is 4.79 Å². The van der Waals surface area contributed by atoms with Crippen molar-refractivity contribution >= 4 is 23.6 Å². The van der Waals surface area contributed by atoms with E-state index in [9.17, 15) is 27.9 Å². The van der Waals surface area contributed by atoms with E-state index in [1.54, 1.807) is 12.2 Å². The summed E-state index contributed by atoms with van der Waals surface area (Å²) in [6.45, 7) is 3.64. The van der Waals surface area contributed by atoms with Crippen molar-refractivity contribution in [2.75, 3.05) is 11.9 Å². The smallest absolute Gasteiger partial charge is 0.383 e. The van der Waals surface area contributed by atoms with Gasteiger partial charge < -0.3 is 15.7 Å². The molecule has 2 fully saturated rings. The third-order valence-corrected chi connectivity index (χ3v) is 11.1. The molecule has 250 valence electrons. The number of carbonyl (C=O) groups is 2. The molecule has 0 bridgehead atoms. The Hall–Kier alpha value is -3.79. The number of hydrogen-bond donors (Lipinski definition) is 3. The number of allylic oxidation sites excluding steroid dienone is 4. The van der Waals surface area contributed by atoms with E-state index in [4.69, 9.17) is 0 Å². The van der Waals surface area contributed by atoms with Crippen LogP contribution >= 0.6 is 0 Å². The number of amides is 2. The Balaban J connectivity index is 1.26. The molecule has 4 aliphatic carbocycles. The van der Waals surface area contributed by atoms with Gasteiger partial charge in [-0.2, -0.15) is 22.0 Å². The van der Waals surface area contributed by atoms with Crippen LogP contribution in [0.25, 0.3) is 6.08 Å². The first kappa shape index (κ1) is 33.1. The number of anilines is 1. The van der Waals surface area contributed by atoms with Crippen LogP contribution in [0.1, 0.15) is 74.5 Å². The van der Waals surface area contributed by atoms with Crippen LogP contribution in [0.15, 0.2) is 77.4 Å². The lowest BCUT2D eigenvalue weighted by Crippen LogP contribution is -2.65. The van der Waals surface area contributed by atoms with Gasteiger partial charge in [0, 0.05) is 30.0 Å². The molecule has 0 aromatic heterocycles. The Morgan fingerprint density at radius 1 is 1.00 bits per heavy atom. The van der Waals surface area contributed by atoms with Gasteiger partial charge in [0.1, 0.15) is 5.60 Å². The molecule has 4 aliphatic rings. The molecule has 2 saturated carbocycles. The number of nitrogens with one attached hydrogen (secondary N) is 2. The van der Waals surface area contributed by atoms with Crippen molar-refractivity contribution < 1.29 is 36.6 Å². The molecule has 2 aromatic carbocycles. The van der Waals surface area contributed by atoms with Gasteiger partial charge in [-0.05, 0) is 97.8 Å². The van der Waals surface area contributed by atoms with Crippen molar-refractivity contribution in [3.63, 3.8) is 0 Å². The fourth-order valence-electron chi connectivity index (χ4n) is 8.71. The van der Waals surface area contributed by atoms with Crippen LogP contribution in [-0.4, -0.2) is 41.2 Å². The number of urea groups is 1. The lowest BCUT2D eigenvalue weighted by Gasteiger charge is -2.56. The molecule has 10 heteroatoms. The summed E-state index contributed by atoms with van der Waals surface area (Å²) < 4.78 is 71.8. The molecule has 0 spiro atoms. The van der Waals surface area contributed by atoms with Gasteiger partial charge in [-0.1, -0.05) is 66.6 Å². The molecular formula is C37H39F5N2O3. The zero-order chi connectivity index (χ0) is 33.8. The summed E-state index contributed by atoms with van der Waals surface area (Å²) >= 11 is 0. The van der Waals surface area contributed by atoms with Gasteiger partial charge in [0.15, 0.2) is 5.78 Å². The topological polar surface area (TPSA) is 78.4 Å². The molecule has 5 nitrogen and oxygen atoms in total. The molecule has 47 heavy (non-hydrogen) atoms. The zero-order valence-corrected chi connectivity index (χ0v) is 26.4. The first-order valence-corrected chi connectivity index (χ1v) is 16.2. The number of aliphatic hydroxyl groups is 1. The maximum atomic E-state index is 15.2. The number of ketones is 1. The van der Waals surface area contributed by atoms with Crippen molar-refractivity contribution in [3.05, 3.63) is 94.1 Å². The van der Waals surface area contributed by atoms with Crippen LogP contribution in [0.3, 0.4) is 0 Å². The minimum Gasteiger partial charge on any atom is -0.383 e. The lowest BCUT2D eigenvalue weighted by atomic mass is 9.50. The third-order valence-electron chi connectivity index (χ3n) is 11.1. The summed E-state index contributed by atoms with van der Waals surface area (Å²) in [6.07, 6.45) is 0.718. The quantitative estimate of drug-likeness (QED) is 0.273.